The van der Waals surface area contributed by atoms with Crippen LogP contribution in [0.2, 0.25) is 0 Å². The Morgan fingerprint density at radius 3 is 1.03 bits per heavy atom. The van der Waals surface area contributed by atoms with Crippen LogP contribution >= 0.6 is 0 Å². The number of likely N-dealkylation sites (N-methyl/N-ethyl adjacent to an activating group) is 1. The summed E-state index contributed by atoms with van der Waals surface area (Å²) in [5.41, 5.74) is -1.35. The van der Waals surface area contributed by atoms with Gasteiger partial charge in [-0.15, -0.1) is 56.8 Å². The number of Topliss-reactive ketones (excluding diaryl/α,β-unsaturated/α-hetero) is 3. The number of amides is 16. The van der Waals surface area contributed by atoms with Crippen molar-refractivity contribution in [1.29, 1.82) is 0 Å². The molecule has 0 aromatic carbocycles. The monoisotopic (exact) mass is 2130 g/mol. The Kier molecular flexibility index (Phi) is 46.9. The average molecular weight is 2130 g/mol. The van der Waals surface area contributed by atoms with Crippen LogP contribution in [0.3, 0.4) is 0 Å². The van der Waals surface area contributed by atoms with E-state index in [1.54, 1.807) is 21.6 Å². The maximum Gasteiger partial charge on any atom is 0.315 e. The smallest absolute Gasteiger partial charge is 0.315 e. The number of hydrogen-bond acceptors (Lipinski definition) is 20. The second kappa shape index (κ2) is 57.3. The standard InChI is InChI=1S/C38H58N6O6.C36H56N6O7S.C36H58N6O7S/c1-6-8-19-28(33(46)35(48)39-21-7-2)40-34(47)32-27-18-14-17-26(27)23-44(32)36(49)31(25-15-10-9-11-16-25)42-37(50)41-29(38(3,4)5)24-43-22-13-12-20-30(43)45;1-6-8-18-27(31(43)33(45)37-19-7-2)38-32(44)30-26-17-12-16-25(26)22-42(30)34(46)29(24-14-10-9-11-15-24)40-35(47)39-28(36(3,4)5)23-41-20-13-21-50(41,48)49;1-8-11-20-27(31(43)33(45)37-21-9-2)38-32(44)30-26-19-15-18-25(26)22-42(30)34(46)29(24-16-13-12-14-17-24)40-35(47)39-28(36(4,5)6)23-41(7)50(48,49)10-3/h1,7,25-29,31-32H,2,8-24H2,3-5H3,(H,39,48)(H,40,47)(H2,41,42,50);1,7,24-30H,2,8-23H2,3-5H3,(H,37,45)(H,38,44)(H2,39,40,47);1,9,24-30H,2,10-23H2,3-7H3,(H,37,45)(H,38,44)(H2,39,40,47)/t26-,27-,28?,29+,31-,32-;2*25-,26-,27?,28+,29-,30-/m000/s1. The maximum absolute atomic E-state index is 14.7. The van der Waals surface area contributed by atoms with Crippen molar-refractivity contribution in [2.45, 2.75) is 360 Å². The first-order valence-corrected chi connectivity index (χ1v) is 58.1. The van der Waals surface area contributed by atoms with Gasteiger partial charge in [-0.05, 0) is 192 Å². The number of ketones is 3. The minimum atomic E-state index is -3.50. The first kappa shape index (κ1) is 123. The van der Waals surface area contributed by atoms with E-state index >= 15 is 0 Å². The third-order valence-corrected chi connectivity index (χ3v) is 36.4. The molecule has 5 saturated heterocycles. The molecule has 0 aromatic rings. The molecule has 0 bridgehead atoms. The van der Waals surface area contributed by atoms with E-state index in [0.717, 1.165) is 167 Å². The Morgan fingerprint density at radius 2 is 0.740 bits per heavy atom. The number of carbonyl (C=O) groups is 16. The lowest BCUT2D eigenvalue weighted by Gasteiger charge is -2.39. The van der Waals surface area contributed by atoms with Crippen LogP contribution in [0.5, 0.6) is 0 Å². The predicted octanol–water partition coefficient (Wildman–Crippen LogP) is 7.47. The van der Waals surface area contributed by atoms with Gasteiger partial charge in [-0.3, -0.25) is 62.3 Å². The number of terminal acetylenes is 3. The fourth-order valence-electron chi connectivity index (χ4n) is 23.8. The molecule has 150 heavy (non-hydrogen) atoms. The summed E-state index contributed by atoms with van der Waals surface area (Å²) in [5.74, 6) is -0.388. The summed E-state index contributed by atoms with van der Waals surface area (Å²) in [5, 5.41) is 33.8. The molecule has 40 heteroatoms. The highest BCUT2D eigenvalue weighted by Gasteiger charge is 2.57. The van der Waals surface area contributed by atoms with Gasteiger partial charge in [0.15, 0.2) is 0 Å². The molecule has 11 fully saturated rings. The number of nitrogens with one attached hydrogen (secondary N) is 12. The minimum absolute atomic E-state index is 0.0536. The van der Waals surface area contributed by atoms with Crippen LogP contribution in [0, 0.1) is 107 Å². The van der Waals surface area contributed by atoms with Crippen molar-refractivity contribution in [2.75, 3.05) is 90.5 Å². The number of likely N-dealkylation sites (tertiary alicyclic amines) is 4. The van der Waals surface area contributed by atoms with Crippen molar-refractivity contribution >= 4 is 115 Å². The highest BCUT2D eigenvalue weighted by molar-refractivity contribution is 7.89. The third-order valence-electron chi connectivity index (χ3n) is 32.6. The molecule has 0 radical (unpaired) electrons. The zero-order chi connectivity index (χ0) is 110. The minimum Gasteiger partial charge on any atom is -0.346 e. The van der Waals surface area contributed by atoms with Crippen LogP contribution < -0.4 is 63.8 Å². The van der Waals surface area contributed by atoms with E-state index in [-0.39, 0.29) is 171 Å². The molecule has 12 N–H and O–H groups in total. The highest BCUT2D eigenvalue weighted by atomic mass is 32.2. The molecule has 0 aromatic heterocycles. The van der Waals surface area contributed by atoms with Gasteiger partial charge < -0.3 is 83.4 Å². The molecule has 6 saturated carbocycles. The lowest BCUT2D eigenvalue weighted by Crippen LogP contribution is -2.61. The van der Waals surface area contributed by atoms with E-state index in [1.165, 1.54) is 33.9 Å². The van der Waals surface area contributed by atoms with Crippen molar-refractivity contribution in [3.8, 4) is 37.0 Å². The Morgan fingerprint density at radius 1 is 0.420 bits per heavy atom. The lowest BCUT2D eigenvalue weighted by molar-refractivity contribution is -0.144. The summed E-state index contributed by atoms with van der Waals surface area (Å²) < 4.78 is 52.9. The van der Waals surface area contributed by atoms with E-state index in [9.17, 15) is 93.5 Å². The van der Waals surface area contributed by atoms with Gasteiger partial charge in [-0.2, -0.15) is 4.31 Å². The largest absolute Gasteiger partial charge is 0.346 e. The number of hydrogen-bond donors (Lipinski definition) is 12. The number of carbonyl (C=O) groups excluding carboxylic acids is 16. The number of sulfonamides is 2. The van der Waals surface area contributed by atoms with Gasteiger partial charge >= 0.3 is 18.1 Å². The van der Waals surface area contributed by atoms with Crippen LogP contribution in [-0.4, -0.2) is 303 Å². The number of piperidine rings is 1. The van der Waals surface area contributed by atoms with Gasteiger partial charge in [0.25, 0.3) is 17.7 Å². The molecular weight excluding hydrogens is 1960 g/mol. The lowest BCUT2D eigenvalue weighted by atomic mass is 9.83. The van der Waals surface area contributed by atoms with Crippen LogP contribution in [0.15, 0.2) is 38.0 Å². The summed E-state index contributed by atoms with van der Waals surface area (Å²) in [6.07, 6.45) is 45.0. The maximum atomic E-state index is 14.7. The van der Waals surface area contributed by atoms with E-state index in [1.807, 2.05) is 67.2 Å². The zero-order valence-electron chi connectivity index (χ0n) is 90.6. The summed E-state index contributed by atoms with van der Waals surface area (Å²) >= 11 is 0. The molecule has 5 aliphatic heterocycles. The first-order valence-electron chi connectivity index (χ1n) is 54.9. The molecule has 11 aliphatic rings. The molecule has 5 heterocycles. The van der Waals surface area contributed by atoms with Gasteiger partial charge in [0, 0.05) is 117 Å². The van der Waals surface area contributed by atoms with Gasteiger partial charge in [-0.25, -0.2) is 35.5 Å². The molecule has 38 nitrogen and oxygen atoms in total. The number of urea groups is 3. The average Bonchev–Trinajstić information content (AvgIpc) is 1.62. The second-order valence-corrected chi connectivity index (χ2v) is 50.6. The molecule has 6 aliphatic carbocycles. The predicted molar refractivity (Wildman–Crippen MR) is 572 cm³/mol. The first-order chi connectivity index (χ1) is 71.1. The fourth-order valence-corrected chi connectivity index (χ4v) is 26.1. The Hall–Kier alpha value is -10.8. The molecular formula is C110H172N18O20S2. The molecule has 3 unspecified atom stereocenters. The summed E-state index contributed by atoms with van der Waals surface area (Å²) in [6, 6.07) is -11.7. The Labute approximate surface area is 890 Å². The fraction of sp³-hybridized carbons (Fsp3) is 0.745. The third kappa shape index (κ3) is 33.9. The van der Waals surface area contributed by atoms with E-state index in [2.05, 4.69) is 101 Å². The zero-order valence-corrected chi connectivity index (χ0v) is 92.2. The number of fused-ring (bicyclic) bond motifs is 3. The van der Waals surface area contributed by atoms with Crippen LogP contribution in [0.4, 0.5) is 14.4 Å². The molecule has 834 valence electrons. The molecule has 16 amide bonds. The normalized spacial score (nSPS) is 24.2. The van der Waals surface area contributed by atoms with Crippen LogP contribution in [-0.2, 0) is 82.4 Å². The van der Waals surface area contributed by atoms with Gasteiger partial charge in [0.1, 0.15) is 36.3 Å². The molecule has 11 rings (SSSR count). The van der Waals surface area contributed by atoms with E-state index in [4.69, 9.17) is 19.3 Å². The number of nitrogens with zero attached hydrogens (tertiary/aromatic N) is 6. The quantitative estimate of drug-likeness (QED) is 0.0160. The highest BCUT2D eigenvalue weighted by Crippen LogP contribution is 2.47. The second-order valence-electron chi connectivity index (χ2n) is 46.1. The van der Waals surface area contributed by atoms with Crippen molar-refractivity contribution in [1.82, 2.24) is 92.0 Å². The van der Waals surface area contributed by atoms with Crippen molar-refractivity contribution < 1.29 is 93.5 Å². The van der Waals surface area contributed by atoms with E-state index in [0.29, 0.717) is 52.1 Å². The molecule has 0 spiro atoms. The van der Waals surface area contributed by atoms with Crippen molar-refractivity contribution in [2.24, 2.45) is 69.5 Å². The van der Waals surface area contributed by atoms with Crippen LogP contribution in [0.25, 0.3) is 0 Å². The number of rotatable bonds is 44. The SMILES string of the molecule is C#CCCC(NC(=O)[C@@H]1[C@H]2CCC[C@H]2CN1C(=O)[C@@H](NC(=O)N[C@H](CN(C)S(=O)(=O)CC)C(C)(C)C)C1CCCCC1)C(=O)C(=O)NCC=C.C#CCCC(NC(=O)[C@@H]1[C@H]2CCC[C@H]2CN1C(=O)[C@@H](NC(=O)N[C@H](CN1CCCCC1=O)C(C)(C)C)C1CCCCC1)C(=O)C(=O)NCC=C.C#CCCC(NC(=O)[C@@H]1[C@H]2CCC[C@H]2CN1C(=O)[C@@H](NC(=O)N[C@H](CN1CCCS1(=O)=O)C(C)(C)C)C1CCCCC1)C(=O)C(=O)NCC=C. The molecule has 18 atom stereocenters. The van der Waals surface area contributed by atoms with Gasteiger partial charge in [0.2, 0.25) is 78.7 Å². The van der Waals surface area contributed by atoms with Gasteiger partial charge in [-0.1, -0.05) is 158 Å². The van der Waals surface area contributed by atoms with Crippen molar-refractivity contribution in [3.63, 3.8) is 0 Å². The van der Waals surface area contributed by atoms with Crippen LogP contribution in [0.1, 0.15) is 288 Å². The summed E-state index contributed by atoms with van der Waals surface area (Å²) in [4.78, 5) is 224. The van der Waals surface area contributed by atoms with Gasteiger partial charge in [0.05, 0.1) is 35.7 Å². The Balaban J connectivity index is 0.000000250. The Bertz CT molecular complexity index is 5120. The summed E-state index contributed by atoms with van der Waals surface area (Å²) in [7, 11) is -5.40. The van der Waals surface area contributed by atoms with Crippen molar-refractivity contribution in [3.05, 3.63) is 38.0 Å². The topological polar surface area (TPSA) is 505 Å². The summed E-state index contributed by atoms with van der Waals surface area (Å²) in [6.45, 7) is 32.8. The van der Waals surface area contributed by atoms with E-state index < -0.39 is 168 Å².